The van der Waals surface area contributed by atoms with Gasteiger partial charge in [0, 0.05) is 5.69 Å². The Kier molecular flexibility index (Phi) is 3.71. The molecule has 5 rings (SSSR count). The highest BCUT2D eigenvalue weighted by Crippen LogP contribution is 2.48. The van der Waals surface area contributed by atoms with Gasteiger partial charge in [0.25, 0.3) is 0 Å². The molecule has 0 bridgehead atoms. The summed E-state index contributed by atoms with van der Waals surface area (Å²) >= 11 is 0. The van der Waals surface area contributed by atoms with Gasteiger partial charge in [-0.15, -0.1) is 0 Å². The van der Waals surface area contributed by atoms with Gasteiger partial charge in [0.15, 0.2) is 0 Å². The summed E-state index contributed by atoms with van der Waals surface area (Å²) in [5, 5.41) is 0. The molecule has 0 radical (unpaired) electrons. The van der Waals surface area contributed by atoms with Gasteiger partial charge in [0.05, 0.1) is 32.0 Å². The molecule has 3 aromatic carbocycles. The molecule has 0 saturated carbocycles. The van der Waals surface area contributed by atoms with Crippen LogP contribution in [0.4, 0.5) is 17.1 Å². The molecule has 3 heteroatoms. The third-order valence-electron chi connectivity index (χ3n) is 5.47. The molecule has 0 fully saturated rings. The maximum atomic E-state index is 13.2. The van der Waals surface area contributed by atoms with Gasteiger partial charge >= 0.3 is 0 Å². The van der Waals surface area contributed by atoms with Crippen LogP contribution in [-0.2, 0) is 23.6 Å². The van der Waals surface area contributed by atoms with Crippen molar-refractivity contribution in [2.75, 3.05) is 4.90 Å². The molecule has 2 nitrogen and oxygen atoms in total. The first-order chi connectivity index (χ1) is 12.7. The fraction of sp³-hybridized carbons (Fsp3) is 0.217. The second kappa shape index (κ2) is 6.10. The standard InChI is InChI=1S/C23H21NOS/c1-16-13-14-21-23(15-16)26(25)22-12-5-4-10-20(22)24(21)19-11-6-8-17-7-2-3-9-18(17)19/h4-6,8,10-15H,2-3,7,9H2,1H3. The van der Waals surface area contributed by atoms with E-state index in [4.69, 9.17) is 0 Å². The second-order valence-corrected chi connectivity index (χ2v) is 8.58. The van der Waals surface area contributed by atoms with E-state index in [1.165, 1.54) is 29.7 Å². The number of hydrogen-bond acceptors (Lipinski definition) is 2. The molecule has 0 aromatic heterocycles. The van der Waals surface area contributed by atoms with E-state index in [0.29, 0.717) is 0 Å². The van der Waals surface area contributed by atoms with E-state index >= 15 is 0 Å². The fourth-order valence-corrected chi connectivity index (χ4v) is 5.66. The van der Waals surface area contributed by atoms with Crippen LogP contribution in [0.1, 0.15) is 29.5 Å². The Bertz CT molecular complexity index is 1040. The summed E-state index contributed by atoms with van der Waals surface area (Å²) in [5.41, 5.74) is 7.40. The van der Waals surface area contributed by atoms with Crippen molar-refractivity contribution in [2.24, 2.45) is 0 Å². The Morgan fingerprint density at radius 2 is 1.58 bits per heavy atom. The van der Waals surface area contributed by atoms with E-state index in [0.717, 1.165) is 39.6 Å². The lowest BCUT2D eigenvalue weighted by Crippen LogP contribution is -2.21. The average molecular weight is 359 g/mol. The number of fused-ring (bicyclic) bond motifs is 3. The van der Waals surface area contributed by atoms with Gasteiger partial charge in [0.1, 0.15) is 0 Å². The molecule has 1 aliphatic heterocycles. The van der Waals surface area contributed by atoms with Crippen molar-refractivity contribution >= 4 is 27.9 Å². The van der Waals surface area contributed by atoms with Crippen LogP contribution in [0.5, 0.6) is 0 Å². The molecule has 0 amide bonds. The zero-order chi connectivity index (χ0) is 17.7. The van der Waals surface area contributed by atoms with Crippen LogP contribution in [0.2, 0.25) is 0 Å². The van der Waals surface area contributed by atoms with Crippen LogP contribution in [0.15, 0.2) is 70.5 Å². The predicted molar refractivity (Wildman–Crippen MR) is 107 cm³/mol. The molecule has 0 spiro atoms. The van der Waals surface area contributed by atoms with Crippen molar-refractivity contribution in [2.45, 2.75) is 42.4 Å². The SMILES string of the molecule is Cc1ccc2c(c1)S(=O)c1ccccc1N2c1cccc2c1CCCC2. The minimum absolute atomic E-state index is 0.902. The van der Waals surface area contributed by atoms with Gasteiger partial charge in [-0.3, -0.25) is 0 Å². The molecule has 26 heavy (non-hydrogen) atoms. The summed E-state index contributed by atoms with van der Waals surface area (Å²) in [7, 11) is -1.14. The lowest BCUT2D eigenvalue weighted by atomic mass is 9.90. The molecule has 130 valence electrons. The summed E-state index contributed by atoms with van der Waals surface area (Å²) in [5.74, 6) is 0. The first kappa shape index (κ1) is 15.8. The molecule has 0 N–H and O–H groups in total. The molecule has 1 aliphatic carbocycles. The maximum absolute atomic E-state index is 13.2. The van der Waals surface area contributed by atoms with Crippen LogP contribution in [0.3, 0.4) is 0 Å². The summed E-state index contributed by atoms with van der Waals surface area (Å²) in [6.07, 6.45) is 4.79. The molecule has 2 aliphatic rings. The number of para-hydroxylation sites is 1. The molecule has 1 heterocycles. The quantitative estimate of drug-likeness (QED) is 0.426. The third kappa shape index (κ3) is 2.34. The highest BCUT2D eigenvalue weighted by molar-refractivity contribution is 7.85. The van der Waals surface area contributed by atoms with Crippen LogP contribution in [0, 0.1) is 6.92 Å². The lowest BCUT2D eigenvalue weighted by Gasteiger charge is -2.35. The number of benzene rings is 3. The van der Waals surface area contributed by atoms with Gasteiger partial charge in [-0.25, -0.2) is 4.21 Å². The van der Waals surface area contributed by atoms with Gasteiger partial charge in [0.2, 0.25) is 0 Å². The van der Waals surface area contributed by atoms with E-state index < -0.39 is 10.8 Å². The number of rotatable bonds is 1. The first-order valence-electron chi connectivity index (χ1n) is 9.26. The Morgan fingerprint density at radius 3 is 2.50 bits per heavy atom. The topological polar surface area (TPSA) is 20.3 Å². The van der Waals surface area contributed by atoms with Gasteiger partial charge in [-0.1, -0.05) is 30.3 Å². The maximum Gasteiger partial charge on any atom is 0.0892 e. The summed E-state index contributed by atoms with van der Waals surface area (Å²) < 4.78 is 13.2. The van der Waals surface area contributed by atoms with Crippen molar-refractivity contribution in [3.8, 4) is 0 Å². The van der Waals surface area contributed by atoms with Crippen molar-refractivity contribution in [3.05, 3.63) is 77.4 Å². The summed E-state index contributed by atoms with van der Waals surface area (Å²) in [6, 6.07) is 21.1. The second-order valence-electron chi connectivity index (χ2n) is 7.16. The molecule has 3 aromatic rings. The minimum atomic E-state index is -1.14. The van der Waals surface area contributed by atoms with Gasteiger partial charge in [-0.2, -0.15) is 0 Å². The van der Waals surface area contributed by atoms with Crippen molar-refractivity contribution in [1.82, 2.24) is 0 Å². The average Bonchev–Trinajstić information content (AvgIpc) is 2.69. The van der Waals surface area contributed by atoms with Crippen LogP contribution >= 0.6 is 0 Å². The Hall–Kier alpha value is -2.39. The van der Waals surface area contributed by atoms with Crippen molar-refractivity contribution in [1.29, 1.82) is 0 Å². The van der Waals surface area contributed by atoms with E-state index in [-0.39, 0.29) is 0 Å². The monoisotopic (exact) mass is 359 g/mol. The van der Waals surface area contributed by atoms with Crippen LogP contribution in [0.25, 0.3) is 0 Å². The van der Waals surface area contributed by atoms with Crippen LogP contribution in [-0.4, -0.2) is 4.21 Å². The van der Waals surface area contributed by atoms with E-state index in [1.807, 2.05) is 18.2 Å². The molecule has 0 saturated heterocycles. The zero-order valence-corrected chi connectivity index (χ0v) is 15.7. The Morgan fingerprint density at radius 1 is 0.808 bits per heavy atom. The molecule has 1 unspecified atom stereocenters. The highest BCUT2D eigenvalue weighted by atomic mass is 32.2. The largest absolute Gasteiger partial charge is 0.308 e. The number of anilines is 3. The minimum Gasteiger partial charge on any atom is -0.308 e. The van der Waals surface area contributed by atoms with Crippen molar-refractivity contribution < 1.29 is 4.21 Å². The van der Waals surface area contributed by atoms with Crippen molar-refractivity contribution in [3.63, 3.8) is 0 Å². The van der Waals surface area contributed by atoms with Gasteiger partial charge < -0.3 is 4.90 Å². The zero-order valence-electron chi connectivity index (χ0n) is 14.9. The fourth-order valence-electron chi connectivity index (χ4n) is 4.23. The highest BCUT2D eigenvalue weighted by Gasteiger charge is 2.30. The summed E-state index contributed by atoms with van der Waals surface area (Å²) in [4.78, 5) is 4.14. The summed E-state index contributed by atoms with van der Waals surface area (Å²) in [6.45, 7) is 2.06. The molecular formula is C23H21NOS. The smallest absolute Gasteiger partial charge is 0.0892 e. The predicted octanol–water partition coefficient (Wildman–Crippen LogP) is 5.82. The first-order valence-corrected chi connectivity index (χ1v) is 10.4. The Labute approximate surface area is 156 Å². The lowest BCUT2D eigenvalue weighted by molar-refractivity contribution is 0.680. The normalized spacial score (nSPS) is 18.0. The van der Waals surface area contributed by atoms with Gasteiger partial charge in [-0.05, 0) is 79.6 Å². The number of nitrogens with zero attached hydrogens (tertiary/aromatic N) is 1. The Balaban J connectivity index is 1.81. The van der Waals surface area contributed by atoms with E-state index in [2.05, 4.69) is 54.3 Å². The molecular weight excluding hydrogens is 338 g/mol. The van der Waals surface area contributed by atoms with E-state index in [1.54, 1.807) is 0 Å². The van der Waals surface area contributed by atoms with Crippen LogP contribution < -0.4 is 4.90 Å². The molecule has 1 atom stereocenters. The van der Waals surface area contributed by atoms with E-state index in [9.17, 15) is 4.21 Å². The number of hydrogen-bond donors (Lipinski definition) is 0. The number of aryl methyl sites for hydroxylation is 2. The third-order valence-corrected chi connectivity index (χ3v) is 6.95.